The monoisotopic (exact) mass is 225 g/mol. The summed E-state index contributed by atoms with van der Waals surface area (Å²) in [5, 5.41) is 0. The van der Waals surface area contributed by atoms with E-state index < -0.39 is 0 Å². The van der Waals surface area contributed by atoms with E-state index in [1.165, 1.54) is 77.0 Å². The Hall–Kier alpha value is -0.0400. The topological polar surface area (TPSA) is 26.0 Å². The van der Waals surface area contributed by atoms with Crippen molar-refractivity contribution in [1.82, 2.24) is 0 Å². The predicted molar refractivity (Wildman–Crippen MR) is 72.5 cm³/mol. The van der Waals surface area contributed by atoms with Gasteiger partial charge in [-0.05, 0) is 25.2 Å². The van der Waals surface area contributed by atoms with Gasteiger partial charge >= 0.3 is 0 Å². The van der Waals surface area contributed by atoms with Gasteiger partial charge in [0.25, 0.3) is 0 Å². The molecule has 0 aromatic rings. The standard InChI is InChI=1S/C15H31N/c1-2-3-4-5-6-8-11-14-12-9-7-10-13-15(14)16/h14-15H,2-13,16H2,1H3. The fourth-order valence-electron chi connectivity index (χ4n) is 2.96. The highest BCUT2D eigenvalue weighted by Gasteiger charge is 2.19. The van der Waals surface area contributed by atoms with Crippen molar-refractivity contribution >= 4 is 0 Å². The Morgan fingerprint density at radius 2 is 1.56 bits per heavy atom. The van der Waals surface area contributed by atoms with Crippen molar-refractivity contribution in [3.8, 4) is 0 Å². The molecule has 2 N–H and O–H groups in total. The normalized spacial score (nSPS) is 26.6. The van der Waals surface area contributed by atoms with Gasteiger partial charge in [-0.3, -0.25) is 0 Å². The van der Waals surface area contributed by atoms with Crippen LogP contribution in [0.5, 0.6) is 0 Å². The van der Waals surface area contributed by atoms with Gasteiger partial charge in [-0.1, -0.05) is 64.7 Å². The van der Waals surface area contributed by atoms with Crippen LogP contribution < -0.4 is 5.73 Å². The molecule has 0 aromatic heterocycles. The van der Waals surface area contributed by atoms with E-state index in [4.69, 9.17) is 5.73 Å². The molecule has 0 spiro atoms. The summed E-state index contributed by atoms with van der Waals surface area (Å²) >= 11 is 0. The maximum Gasteiger partial charge on any atom is 0.00671 e. The van der Waals surface area contributed by atoms with Crippen LogP contribution in [0.15, 0.2) is 0 Å². The summed E-state index contributed by atoms with van der Waals surface area (Å²) < 4.78 is 0. The van der Waals surface area contributed by atoms with Gasteiger partial charge in [0.05, 0.1) is 0 Å². The van der Waals surface area contributed by atoms with E-state index in [2.05, 4.69) is 6.92 Å². The van der Waals surface area contributed by atoms with Crippen LogP contribution in [0, 0.1) is 5.92 Å². The molecular weight excluding hydrogens is 194 g/mol. The first-order chi connectivity index (χ1) is 7.84. The molecule has 1 saturated carbocycles. The molecule has 1 rings (SSSR count). The average Bonchev–Trinajstić information content (AvgIpc) is 2.49. The number of hydrogen-bond acceptors (Lipinski definition) is 1. The summed E-state index contributed by atoms with van der Waals surface area (Å²) in [5.41, 5.74) is 6.24. The lowest BCUT2D eigenvalue weighted by Crippen LogP contribution is -2.28. The van der Waals surface area contributed by atoms with Crippen molar-refractivity contribution in [3.05, 3.63) is 0 Å². The molecule has 1 fully saturated rings. The number of unbranched alkanes of at least 4 members (excludes halogenated alkanes) is 5. The molecule has 1 aliphatic rings. The minimum absolute atomic E-state index is 0.512. The zero-order valence-corrected chi connectivity index (χ0v) is 11.2. The lowest BCUT2D eigenvalue weighted by Gasteiger charge is -2.21. The lowest BCUT2D eigenvalue weighted by atomic mass is 9.90. The van der Waals surface area contributed by atoms with Crippen molar-refractivity contribution in [2.75, 3.05) is 0 Å². The van der Waals surface area contributed by atoms with Gasteiger partial charge < -0.3 is 5.73 Å². The second kappa shape index (κ2) is 9.04. The van der Waals surface area contributed by atoms with E-state index >= 15 is 0 Å². The Morgan fingerprint density at radius 3 is 2.38 bits per heavy atom. The molecule has 0 aromatic carbocycles. The Morgan fingerprint density at radius 1 is 0.875 bits per heavy atom. The first-order valence-corrected chi connectivity index (χ1v) is 7.60. The third-order valence-electron chi connectivity index (χ3n) is 4.15. The Balaban J connectivity index is 2.01. The fraction of sp³-hybridized carbons (Fsp3) is 1.00. The van der Waals surface area contributed by atoms with Crippen LogP contribution in [0.1, 0.15) is 84.0 Å². The van der Waals surface area contributed by atoms with Crippen LogP contribution in [0.3, 0.4) is 0 Å². The second-order valence-electron chi connectivity index (χ2n) is 5.62. The van der Waals surface area contributed by atoms with E-state index in [0.717, 1.165) is 5.92 Å². The molecule has 2 atom stereocenters. The van der Waals surface area contributed by atoms with Crippen molar-refractivity contribution in [2.24, 2.45) is 11.7 Å². The first-order valence-electron chi connectivity index (χ1n) is 7.60. The van der Waals surface area contributed by atoms with Gasteiger partial charge in [0, 0.05) is 6.04 Å². The van der Waals surface area contributed by atoms with Crippen molar-refractivity contribution in [3.63, 3.8) is 0 Å². The van der Waals surface area contributed by atoms with Crippen LogP contribution in [-0.2, 0) is 0 Å². The maximum atomic E-state index is 6.24. The third-order valence-corrected chi connectivity index (χ3v) is 4.15. The molecular formula is C15H31N. The van der Waals surface area contributed by atoms with Crippen LogP contribution in [0.25, 0.3) is 0 Å². The summed E-state index contributed by atoms with van der Waals surface area (Å²) in [6.45, 7) is 2.28. The molecule has 1 nitrogen and oxygen atoms in total. The van der Waals surface area contributed by atoms with Gasteiger partial charge in [0.15, 0.2) is 0 Å². The second-order valence-corrected chi connectivity index (χ2v) is 5.62. The zero-order chi connectivity index (χ0) is 11.6. The van der Waals surface area contributed by atoms with Gasteiger partial charge in [-0.15, -0.1) is 0 Å². The molecule has 0 radical (unpaired) electrons. The number of nitrogens with two attached hydrogens (primary N) is 1. The van der Waals surface area contributed by atoms with Crippen LogP contribution in [-0.4, -0.2) is 6.04 Å². The summed E-state index contributed by atoms with van der Waals surface area (Å²) in [6.07, 6.45) is 16.8. The van der Waals surface area contributed by atoms with Crippen LogP contribution in [0.4, 0.5) is 0 Å². The maximum absolute atomic E-state index is 6.24. The SMILES string of the molecule is CCCCCCCCC1CCCCCC1N. The van der Waals surface area contributed by atoms with Crippen molar-refractivity contribution < 1.29 is 0 Å². The summed E-state index contributed by atoms with van der Waals surface area (Å²) in [4.78, 5) is 0. The van der Waals surface area contributed by atoms with E-state index in [9.17, 15) is 0 Å². The van der Waals surface area contributed by atoms with Gasteiger partial charge in [0.2, 0.25) is 0 Å². The quantitative estimate of drug-likeness (QED) is 0.495. The van der Waals surface area contributed by atoms with Gasteiger partial charge in [-0.2, -0.15) is 0 Å². The Kier molecular flexibility index (Phi) is 7.92. The van der Waals surface area contributed by atoms with E-state index in [-0.39, 0.29) is 0 Å². The predicted octanol–water partition coefficient (Wildman–Crippen LogP) is 4.64. The summed E-state index contributed by atoms with van der Waals surface area (Å²) in [7, 11) is 0. The molecule has 0 heterocycles. The molecule has 1 heteroatoms. The lowest BCUT2D eigenvalue weighted by molar-refractivity contribution is 0.357. The van der Waals surface area contributed by atoms with Crippen molar-refractivity contribution in [1.29, 1.82) is 0 Å². The molecule has 96 valence electrons. The number of hydrogen-bond donors (Lipinski definition) is 1. The Bertz CT molecular complexity index is 156. The molecule has 0 saturated heterocycles. The summed E-state index contributed by atoms with van der Waals surface area (Å²) in [5.74, 6) is 0.841. The number of rotatable bonds is 7. The van der Waals surface area contributed by atoms with E-state index in [0.29, 0.717) is 6.04 Å². The smallest absolute Gasteiger partial charge is 0.00671 e. The zero-order valence-electron chi connectivity index (χ0n) is 11.2. The molecule has 16 heavy (non-hydrogen) atoms. The largest absolute Gasteiger partial charge is 0.327 e. The van der Waals surface area contributed by atoms with Gasteiger partial charge in [-0.25, -0.2) is 0 Å². The van der Waals surface area contributed by atoms with E-state index in [1.807, 2.05) is 0 Å². The fourth-order valence-corrected chi connectivity index (χ4v) is 2.96. The molecule has 1 aliphatic carbocycles. The highest BCUT2D eigenvalue weighted by atomic mass is 14.6. The summed E-state index contributed by atoms with van der Waals surface area (Å²) in [6, 6.07) is 0.512. The van der Waals surface area contributed by atoms with Crippen molar-refractivity contribution in [2.45, 2.75) is 90.0 Å². The third kappa shape index (κ3) is 5.89. The molecule has 0 bridgehead atoms. The average molecular weight is 225 g/mol. The molecule has 2 unspecified atom stereocenters. The van der Waals surface area contributed by atoms with E-state index in [1.54, 1.807) is 0 Å². The Labute approximate surface area is 102 Å². The highest BCUT2D eigenvalue weighted by molar-refractivity contribution is 4.76. The molecule has 0 amide bonds. The highest BCUT2D eigenvalue weighted by Crippen LogP contribution is 2.26. The minimum Gasteiger partial charge on any atom is -0.327 e. The minimum atomic E-state index is 0.512. The first kappa shape index (κ1) is 14.0. The van der Waals surface area contributed by atoms with Crippen LogP contribution >= 0.6 is 0 Å². The van der Waals surface area contributed by atoms with Gasteiger partial charge in [0.1, 0.15) is 0 Å². The van der Waals surface area contributed by atoms with Crippen LogP contribution in [0.2, 0.25) is 0 Å². The molecule has 0 aliphatic heterocycles.